The summed E-state index contributed by atoms with van der Waals surface area (Å²) >= 11 is 0. The second-order valence-corrected chi connectivity index (χ2v) is 6.97. The van der Waals surface area contributed by atoms with E-state index in [1.54, 1.807) is 27.0 Å². The number of imidazole rings is 2. The molecule has 28 heavy (non-hydrogen) atoms. The van der Waals surface area contributed by atoms with Gasteiger partial charge in [0.05, 0.1) is 0 Å². The number of hydrogen-bond donors (Lipinski definition) is 0. The lowest BCUT2D eigenvalue weighted by Crippen LogP contribution is -2.27. The fourth-order valence-electron chi connectivity index (χ4n) is 2.37. The fraction of sp³-hybridized carbons (Fsp3) is 0.227. The van der Waals surface area contributed by atoms with E-state index in [2.05, 4.69) is 33.6 Å². The van der Waals surface area contributed by atoms with Gasteiger partial charge < -0.3 is 9.30 Å². The van der Waals surface area contributed by atoms with Crippen LogP contribution >= 0.6 is 0 Å². The zero-order valence-electron chi connectivity index (χ0n) is 16.0. The van der Waals surface area contributed by atoms with Crippen molar-refractivity contribution >= 4 is 6.09 Å². The second kappa shape index (κ2) is 8.28. The summed E-state index contributed by atoms with van der Waals surface area (Å²) in [5.41, 5.74) is 0.566. The normalized spacial score (nSPS) is 10.4. The maximum absolute atomic E-state index is 12.2. The Kier molecular flexibility index (Phi) is 5.62. The first-order chi connectivity index (χ1) is 13.4. The van der Waals surface area contributed by atoms with Gasteiger partial charge in [-0.05, 0) is 50.0 Å². The lowest BCUT2D eigenvalue weighted by Gasteiger charge is -2.19. The van der Waals surface area contributed by atoms with Gasteiger partial charge >= 0.3 is 6.09 Å². The lowest BCUT2D eigenvalue weighted by atomic mass is 10.2. The summed E-state index contributed by atoms with van der Waals surface area (Å²) in [6, 6.07) is 10.1. The van der Waals surface area contributed by atoms with Crippen molar-refractivity contribution in [1.82, 2.24) is 19.1 Å². The first-order valence-electron chi connectivity index (χ1n) is 8.76. The van der Waals surface area contributed by atoms with Crippen molar-refractivity contribution in [3.63, 3.8) is 0 Å². The fourth-order valence-corrected chi connectivity index (χ4v) is 2.37. The molecule has 0 atom stereocenters. The van der Waals surface area contributed by atoms with Crippen LogP contribution in [0.1, 0.15) is 38.0 Å². The van der Waals surface area contributed by atoms with Crippen LogP contribution in [0.5, 0.6) is 0 Å². The zero-order chi connectivity index (χ0) is 20.0. The van der Waals surface area contributed by atoms with Crippen LogP contribution in [0.15, 0.2) is 55.1 Å². The van der Waals surface area contributed by atoms with Crippen LogP contribution in [-0.2, 0) is 11.3 Å². The van der Waals surface area contributed by atoms with Gasteiger partial charge in [0.1, 0.15) is 5.60 Å². The van der Waals surface area contributed by atoms with Gasteiger partial charge in [0, 0.05) is 31.3 Å². The number of rotatable bonds is 2. The number of carbonyl (C=O) groups is 1. The van der Waals surface area contributed by atoms with Crippen LogP contribution in [0.4, 0.5) is 4.79 Å². The van der Waals surface area contributed by atoms with Crippen molar-refractivity contribution < 1.29 is 9.53 Å². The van der Waals surface area contributed by atoms with Gasteiger partial charge in [-0.3, -0.25) is 0 Å². The van der Waals surface area contributed by atoms with Crippen LogP contribution in [-0.4, -0.2) is 30.8 Å². The lowest BCUT2D eigenvalue weighted by molar-refractivity contribution is 0.0535. The highest BCUT2D eigenvalue weighted by atomic mass is 16.6. The first kappa shape index (κ1) is 19.0. The number of benzene rings is 1. The Morgan fingerprint density at radius 1 is 1.00 bits per heavy atom. The number of aromatic nitrogens is 4. The number of carbonyl (C=O) groups excluding carboxylic acids is 1. The Bertz CT molecular complexity index is 1080. The molecular formula is C22H20N4O2. The molecule has 0 spiro atoms. The van der Waals surface area contributed by atoms with E-state index in [9.17, 15) is 4.79 Å². The van der Waals surface area contributed by atoms with Crippen LogP contribution < -0.4 is 0 Å². The summed E-state index contributed by atoms with van der Waals surface area (Å²) in [6.45, 7) is 6.09. The maximum atomic E-state index is 12.2. The minimum absolute atomic E-state index is 0.274. The Balaban J connectivity index is 1.73. The van der Waals surface area contributed by atoms with E-state index in [-0.39, 0.29) is 5.82 Å². The highest BCUT2D eigenvalue weighted by Crippen LogP contribution is 2.10. The molecule has 3 rings (SSSR count). The molecule has 1 aromatic carbocycles. The molecule has 0 radical (unpaired) electrons. The predicted molar refractivity (Wildman–Crippen MR) is 105 cm³/mol. The molecule has 6 heteroatoms. The van der Waals surface area contributed by atoms with E-state index in [1.807, 2.05) is 41.1 Å². The van der Waals surface area contributed by atoms with Crippen molar-refractivity contribution in [2.75, 3.05) is 0 Å². The molecule has 6 nitrogen and oxygen atoms in total. The Morgan fingerprint density at radius 2 is 1.64 bits per heavy atom. The summed E-state index contributed by atoms with van der Waals surface area (Å²) < 4.78 is 8.54. The topological polar surface area (TPSA) is 61.9 Å². The van der Waals surface area contributed by atoms with Gasteiger partial charge in [-0.2, -0.15) is 0 Å². The van der Waals surface area contributed by atoms with Crippen LogP contribution in [0.2, 0.25) is 0 Å². The van der Waals surface area contributed by atoms with E-state index in [4.69, 9.17) is 4.74 Å². The minimum atomic E-state index is -0.596. The molecule has 2 heterocycles. The van der Waals surface area contributed by atoms with E-state index in [0.717, 1.165) is 5.56 Å². The number of ether oxygens (including phenoxy) is 1. The predicted octanol–water partition coefficient (Wildman–Crippen LogP) is 3.31. The molecule has 140 valence electrons. The van der Waals surface area contributed by atoms with Gasteiger partial charge in [0.15, 0.2) is 11.6 Å². The third-order valence-electron chi connectivity index (χ3n) is 3.55. The maximum Gasteiger partial charge on any atom is 0.420 e. The molecule has 0 aliphatic rings. The van der Waals surface area contributed by atoms with Crippen molar-refractivity contribution in [2.24, 2.45) is 0 Å². The second-order valence-electron chi connectivity index (χ2n) is 6.97. The molecule has 0 saturated heterocycles. The summed E-state index contributed by atoms with van der Waals surface area (Å²) in [6.07, 6.45) is 6.06. The van der Waals surface area contributed by atoms with E-state index in [1.165, 1.54) is 17.0 Å². The third-order valence-corrected chi connectivity index (χ3v) is 3.55. The molecule has 0 amide bonds. The molecule has 2 aromatic heterocycles. The number of hydrogen-bond acceptors (Lipinski definition) is 4. The SMILES string of the molecule is CC(C)(C)OC(=O)n1ccnc1C#CC#Cc1nccn1Cc1ccccc1. The van der Waals surface area contributed by atoms with E-state index >= 15 is 0 Å². The van der Waals surface area contributed by atoms with E-state index in [0.29, 0.717) is 12.4 Å². The molecule has 0 aliphatic heterocycles. The molecule has 3 aromatic rings. The zero-order valence-corrected chi connectivity index (χ0v) is 16.0. The molecular weight excluding hydrogens is 352 g/mol. The molecule has 0 N–H and O–H groups in total. The smallest absolute Gasteiger partial charge is 0.420 e. The quantitative estimate of drug-likeness (QED) is 0.648. The summed E-state index contributed by atoms with van der Waals surface area (Å²) in [5.74, 6) is 12.1. The van der Waals surface area contributed by atoms with E-state index < -0.39 is 11.7 Å². The third kappa shape index (κ3) is 5.12. The van der Waals surface area contributed by atoms with Gasteiger partial charge in [-0.25, -0.2) is 19.3 Å². The van der Waals surface area contributed by atoms with Gasteiger partial charge in [-0.15, -0.1) is 0 Å². The van der Waals surface area contributed by atoms with Gasteiger partial charge in [0.2, 0.25) is 0 Å². The summed E-state index contributed by atoms with van der Waals surface area (Å²) in [7, 11) is 0. The average Bonchev–Trinajstić information content (AvgIpc) is 3.27. The van der Waals surface area contributed by atoms with Gasteiger partial charge in [0.25, 0.3) is 0 Å². The molecule has 0 fully saturated rings. The van der Waals surface area contributed by atoms with Crippen molar-refractivity contribution in [2.45, 2.75) is 32.9 Å². The first-order valence-corrected chi connectivity index (χ1v) is 8.76. The van der Waals surface area contributed by atoms with Gasteiger partial charge in [-0.1, -0.05) is 30.3 Å². The van der Waals surface area contributed by atoms with Crippen molar-refractivity contribution in [1.29, 1.82) is 0 Å². The average molecular weight is 372 g/mol. The Morgan fingerprint density at radius 3 is 2.36 bits per heavy atom. The minimum Gasteiger partial charge on any atom is -0.443 e. The largest absolute Gasteiger partial charge is 0.443 e. The Hall–Kier alpha value is -3.77. The highest BCUT2D eigenvalue weighted by Gasteiger charge is 2.19. The highest BCUT2D eigenvalue weighted by molar-refractivity contribution is 5.72. The summed E-state index contributed by atoms with van der Waals surface area (Å²) in [4.78, 5) is 20.5. The molecule has 0 unspecified atom stereocenters. The molecule has 0 aliphatic carbocycles. The summed E-state index contributed by atoms with van der Waals surface area (Å²) in [5, 5.41) is 0. The molecule has 0 saturated carbocycles. The van der Waals surface area contributed by atoms with Crippen LogP contribution in [0.3, 0.4) is 0 Å². The van der Waals surface area contributed by atoms with Crippen molar-refractivity contribution in [3.8, 4) is 23.7 Å². The van der Waals surface area contributed by atoms with Crippen LogP contribution in [0.25, 0.3) is 0 Å². The molecule has 0 bridgehead atoms. The van der Waals surface area contributed by atoms with Crippen molar-refractivity contribution in [3.05, 3.63) is 72.3 Å². The number of nitrogens with zero attached hydrogens (tertiary/aromatic N) is 4. The standard InChI is InChI=1S/C22H20N4O2/c1-22(2,3)28-21(27)26-16-14-24-20(26)12-8-7-11-19-23-13-15-25(19)17-18-9-5-4-6-10-18/h4-6,9-10,13-16H,17H2,1-3H3. The Labute approximate surface area is 164 Å². The monoisotopic (exact) mass is 372 g/mol. The van der Waals surface area contributed by atoms with Crippen LogP contribution in [0, 0.1) is 23.7 Å².